The largest absolute Gasteiger partial charge is 0.490 e. The van der Waals surface area contributed by atoms with Crippen LogP contribution in [0.15, 0.2) is 36.4 Å². The number of amides is 1. The van der Waals surface area contributed by atoms with Gasteiger partial charge in [0.15, 0.2) is 11.5 Å². The molecule has 0 spiro atoms. The number of nitrogens with zero attached hydrogens (tertiary/aromatic N) is 2. The molecule has 2 rings (SSSR count). The Labute approximate surface area is 171 Å². The number of nitro benzene ring substituents is 1. The predicted molar refractivity (Wildman–Crippen MR) is 112 cm³/mol. The molecule has 0 N–H and O–H groups in total. The van der Waals surface area contributed by atoms with Crippen molar-refractivity contribution < 1.29 is 19.2 Å². The molecule has 0 saturated carbocycles. The second-order valence-electron chi connectivity index (χ2n) is 6.63. The van der Waals surface area contributed by atoms with Gasteiger partial charge in [-0.1, -0.05) is 13.0 Å². The molecule has 7 nitrogen and oxygen atoms in total. The van der Waals surface area contributed by atoms with Crippen molar-refractivity contribution in [1.29, 1.82) is 0 Å². The van der Waals surface area contributed by atoms with E-state index in [4.69, 9.17) is 9.47 Å². The fourth-order valence-electron chi connectivity index (χ4n) is 3.11. The Kier molecular flexibility index (Phi) is 8.00. The van der Waals surface area contributed by atoms with Gasteiger partial charge in [-0.2, -0.15) is 0 Å². The van der Waals surface area contributed by atoms with E-state index in [0.29, 0.717) is 48.9 Å². The highest BCUT2D eigenvalue weighted by Gasteiger charge is 2.19. The Balaban J connectivity index is 2.27. The van der Waals surface area contributed by atoms with Gasteiger partial charge in [0, 0.05) is 30.3 Å². The van der Waals surface area contributed by atoms with E-state index in [1.54, 1.807) is 17.9 Å². The first kappa shape index (κ1) is 22.2. The number of aryl methyl sites for hydroxylation is 1. The van der Waals surface area contributed by atoms with Crippen LogP contribution in [0.3, 0.4) is 0 Å². The van der Waals surface area contributed by atoms with Crippen molar-refractivity contribution in [3.63, 3.8) is 0 Å². The molecule has 0 aliphatic rings. The zero-order valence-electron chi connectivity index (χ0n) is 17.4. The van der Waals surface area contributed by atoms with Gasteiger partial charge in [-0.3, -0.25) is 14.9 Å². The van der Waals surface area contributed by atoms with E-state index in [-0.39, 0.29) is 11.6 Å². The van der Waals surface area contributed by atoms with Crippen LogP contribution in [0.1, 0.15) is 48.7 Å². The molecule has 2 aromatic rings. The Morgan fingerprint density at radius 2 is 1.72 bits per heavy atom. The summed E-state index contributed by atoms with van der Waals surface area (Å²) in [4.78, 5) is 25.4. The Morgan fingerprint density at radius 1 is 1.03 bits per heavy atom. The van der Waals surface area contributed by atoms with E-state index in [1.807, 2.05) is 39.0 Å². The lowest BCUT2D eigenvalue weighted by atomic mass is 10.1. The van der Waals surface area contributed by atoms with Crippen molar-refractivity contribution in [3.8, 4) is 11.5 Å². The highest BCUT2D eigenvalue weighted by molar-refractivity contribution is 5.94. The SMILES string of the molecule is CCCN(Cc1ccc(OCC)c(OCC)c1)C(=O)c1ccc([N+](=O)[O-])c(C)c1. The molecule has 156 valence electrons. The summed E-state index contributed by atoms with van der Waals surface area (Å²) in [5.74, 6) is 1.18. The summed E-state index contributed by atoms with van der Waals surface area (Å²) in [6, 6.07) is 10.1. The first-order valence-electron chi connectivity index (χ1n) is 9.84. The first-order valence-corrected chi connectivity index (χ1v) is 9.84. The summed E-state index contributed by atoms with van der Waals surface area (Å²) in [6.07, 6.45) is 0.799. The Hall–Kier alpha value is -3.09. The number of rotatable bonds is 10. The van der Waals surface area contributed by atoms with Gasteiger partial charge < -0.3 is 14.4 Å². The van der Waals surface area contributed by atoms with Crippen LogP contribution in [-0.4, -0.2) is 35.5 Å². The van der Waals surface area contributed by atoms with Crippen LogP contribution in [0.4, 0.5) is 5.69 Å². The van der Waals surface area contributed by atoms with Gasteiger partial charge in [0.05, 0.1) is 18.1 Å². The van der Waals surface area contributed by atoms with Crippen LogP contribution >= 0.6 is 0 Å². The third-order valence-corrected chi connectivity index (χ3v) is 4.40. The van der Waals surface area contributed by atoms with Crippen LogP contribution in [0.25, 0.3) is 0 Å². The number of carbonyl (C=O) groups excluding carboxylic acids is 1. The predicted octanol–water partition coefficient (Wildman–Crippen LogP) is 4.75. The summed E-state index contributed by atoms with van der Waals surface area (Å²) < 4.78 is 11.3. The maximum absolute atomic E-state index is 13.1. The third kappa shape index (κ3) is 5.70. The van der Waals surface area contributed by atoms with Crippen LogP contribution in [0.5, 0.6) is 11.5 Å². The summed E-state index contributed by atoms with van der Waals surface area (Å²) in [6.45, 7) is 9.51. The fourth-order valence-corrected chi connectivity index (χ4v) is 3.11. The number of hydrogen-bond donors (Lipinski definition) is 0. The molecule has 0 aromatic heterocycles. The summed E-state index contributed by atoms with van der Waals surface area (Å²) in [5, 5.41) is 11.0. The van der Waals surface area contributed by atoms with Gasteiger partial charge in [-0.15, -0.1) is 0 Å². The van der Waals surface area contributed by atoms with Gasteiger partial charge >= 0.3 is 0 Å². The van der Waals surface area contributed by atoms with Crippen molar-refractivity contribution in [1.82, 2.24) is 4.90 Å². The average molecular weight is 400 g/mol. The maximum atomic E-state index is 13.1. The van der Waals surface area contributed by atoms with E-state index in [2.05, 4.69) is 0 Å². The van der Waals surface area contributed by atoms with Gasteiger partial charge in [-0.25, -0.2) is 0 Å². The molecular formula is C22H28N2O5. The molecule has 0 saturated heterocycles. The monoisotopic (exact) mass is 400 g/mol. The fraction of sp³-hybridized carbons (Fsp3) is 0.409. The third-order valence-electron chi connectivity index (χ3n) is 4.40. The van der Waals surface area contributed by atoms with E-state index in [9.17, 15) is 14.9 Å². The molecular weight excluding hydrogens is 372 g/mol. The lowest BCUT2D eigenvalue weighted by Crippen LogP contribution is -2.31. The standard InChI is InChI=1S/C22H28N2O5/c1-5-12-23(22(25)18-9-10-19(24(26)27)16(4)13-18)15-17-8-11-20(28-6-2)21(14-17)29-7-3/h8-11,13-14H,5-7,12,15H2,1-4H3. The highest BCUT2D eigenvalue weighted by Crippen LogP contribution is 2.29. The highest BCUT2D eigenvalue weighted by atomic mass is 16.6. The molecule has 0 unspecified atom stereocenters. The second-order valence-corrected chi connectivity index (χ2v) is 6.63. The topological polar surface area (TPSA) is 81.9 Å². The molecule has 7 heteroatoms. The Morgan fingerprint density at radius 3 is 2.31 bits per heavy atom. The van der Waals surface area contributed by atoms with Gasteiger partial charge in [0.1, 0.15) is 0 Å². The molecule has 0 fully saturated rings. The molecule has 0 radical (unpaired) electrons. The number of carbonyl (C=O) groups is 1. The van der Waals surface area contributed by atoms with E-state index >= 15 is 0 Å². The maximum Gasteiger partial charge on any atom is 0.272 e. The zero-order valence-corrected chi connectivity index (χ0v) is 17.4. The molecule has 0 bridgehead atoms. The summed E-state index contributed by atoms with van der Waals surface area (Å²) >= 11 is 0. The van der Waals surface area contributed by atoms with Gasteiger partial charge in [0.2, 0.25) is 0 Å². The van der Waals surface area contributed by atoms with Gasteiger partial charge in [0.25, 0.3) is 11.6 Å². The van der Waals surface area contributed by atoms with Crippen LogP contribution in [0, 0.1) is 17.0 Å². The molecule has 0 heterocycles. The molecule has 0 atom stereocenters. The number of hydrogen-bond acceptors (Lipinski definition) is 5. The van der Waals surface area contributed by atoms with Crippen LogP contribution in [-0.2, 0) is 6.54 Å². The Bertz CT molecular complexity index is 866. The normalized spacial score (nSPS) is 10.5. The average Bonchev–Trinajstić information content (AvgIpc) is 2.69. The number of nitro groups is 1. The van der Waals surface area contributed by atoms with Crippen molar-refractivity contribution >= 4 is 11.6 Å². The van der Waals surface area contributed by atoms with E-state index < -0.39 is 4.92 Å². The molecule has 29 heavy (non-hydrogen) atoms. The van der Waals surface area contributed by atoms with Crippen molar-refractivity contribution in [3.05, 3.63) is 63.2 Å². The number of ether oxygens (including phenoxy) is 2. The summed E-state index contributed by atoms with van der Waals surface area (Å²) in [7, 11) is 0. The van der Waals surface area contributed by atoms with E-state index in [0.717, 1.165) is 12.0 Å². The molecule has 1 amide bonds. The van der Waals surface area contributed by atoms with E-state index in [1.165, 1.54) is 12.1 Å². The molecule has 2 aromatic carbocycles. The lowest BCUT2D eigenvalue weighted by molar-refractivity contribution is -0.385. The molecule has 0 aliphatic carbocycles. The minimum atomic E-state index is -0.442. The first-order chi connectivity index (χ1) is 13.9. The minimum Gasteiger partial charge on any atom is -0.490 e. The summed E-state index contributed by atoms with van der Waals surface area (Å²) in [5.41, 5.74) is 1.85. The van der Waals surface area contributed by atoms with Crippen LogP contribution < -0.4 is 9.47 Å². The minimum absolute atomic E-state index is 0.0106. The van der Waals surface area contributed by atoms with Crippen molar-refractivity contribution in [2.45, 2.75) is 40.7 Å². The second kappa shape index (κ2) is 10.5. The van der Waals surface area contributed by atoms with Crippen molar-refractivity contribution in [2.24, 2.45) is 0 Å². The smallest absolute Gasteiger partial charge is 0.272 e. The van der Waals surface area contributed by atoms with Crippen LogP contribution in [0.2, 0.25) is 0 Å². The van der Waals surface area contributed by atoms with Gasteiger partial charge in [-0.05, 0) is 57.0 Å². The zero-order chi connectivity index (χ0) is 21.4. The molecule has 0 aliphatic heterocycles. The quantitative estimate of drug-likeness (QED) is 0.424. The van der Waals surface area contributed by atoms with Crippen molar-refractivity contribution in [2.75, 3.05) is 19.8 Å². The lowest BCUT2D eigenvalue weighted by Gasteiger charge is -2.23. The number of benzene rings is 2.